The molecule has 5 aromatic rings. The molecule has 0 radical (unpaired) electrons. The van der Waals surface area contributed by atoms with Gasteiger partial charge in [0.25, 0.3) is 0 Å². The minimum atomic E-state index is -0.572. The van der Waals surface area contributed by atoms with Crippen molar-refractivity contribution < 1.29 is 0 Å². The van der Waals surface area contributed by atoms with E-state index >= 15 is 0 Å². The Balaban J connectivity index is 1.72. The predicted octanol–water partition coefficient (Wildman–Crippen LogP) is 8.78. The van der Waals surface area contributed by atoms with Gasteiger partial charge in [0.15, 0.2) is 0 Å². The van der Waals surface area contributed by atoms with E-state index < -0.39 is 22.5 Å². The zero-order valence-corrected chi connectivity index (χ0v) is 22.0. The molecule has 1 aliphatic rings. The molecule has 2 unspecified atom stereocenters. The molecular formula is C32H25P3. The maximum atomic E-state index is 2.37. The van der Waals surface area contributed by atoms with E-state index in [0.717, 1.165) is 0 Å². The van der Waals surface area contributed by atoms with Crippen molar-refractivity contribution in [3.63, 3.8) is 0 Å². The predicted molar refractivity (Wildman–Crippen MR) is 159 cm³/mol. The molecule has 0 N–H and O–H groups in total. The van der Waals surface area contributed by atoms with Crippen molar-refractivity contribution >= 4 is 49.1 Å². The quantitative estimate of drug-likeness (QED) is 0.211. The maximum Gasteiger partial charge on any atom is 0.00163 e. The highest BCUT2D eigenvalue weighted by molar-refractivity contribution is 8.71. The lowest BCUT2D eigenvalue weighted by molar-refractivity contribution is 1.63. The molecule has 0 aliphatic carbocycles. The molecule has 0 aromatic heterocycles. The first-order valence-corrected chi connectivity index (χ1v) is 17.3. The van der Waals surface area contributed by atoms with Crippen molar-refractivity contribution in [1.29, 1.82) is 0 Å². The van der Waals surface area contributed by atoms with Gasteiger partial charge in [-0.15, -0.1) is 0 Å². The lowest BCUT2D eigenvalue weighted by atomic mass is 10.1. The van der Waals surface area contributed by atoms with Crippen molar-refractivity contribution in [2.24, 2.45) is 0 Å². The monoisotopic (exact) mass is 502 g/mol. The fourth-order valence-electron chi connectivity index (χ4n) is 4.60. The highest BCUT2D eigenvalue weighted by Gasteiger charge is 2.45. The van der Waals surface area contributed by atoms with Crippen LogP contribution in [0.3, 0.4) is 0 Å². The van der Waals surface area contributed by atoms with Gasteiger partial charge in [-0.2, -0.15) is 0 Å². The summed E-state index contributed by atoms with van der Waals surface area (Å²) < 4.78 is 0. The van der Waals surface area contributed by atoms with Crippen molar-refractivity contribution in [1.82, 2.24) is 0 Å². The van der Waals surface area contributed by atoms with E-state index in [1.165, 1.54) is 27.0 Å². The van der Waals surface area contributed by atoms with Gasteiger partial charge in [-0.1, -0.05) is 152 Å². The van der Waals surface area contributed by atoms with Crippen LogP contribution in [0.25, 0.3) is 10.6 Å². The molecule has 0 nitrogen and oxygen atoms in total. The van der Waals surface area contributed by atoms with Gasteiger partial charge in [-0.25, -0.2) is 0 Å². The highest BCUT2D eigenvalue weighted by Crippen LogP contribution is 2.98. The van der Waals surface area contributed by atoms with Crippen LogP contribution in [0, 0.1) is 0 Å². The summed E-state index contributed by atoms with van der Waals surface area (Å²) in [5.74, 6) is 0. The van der Waals surface area contributed by atoms with Gasteiger partial charge < -0.3 is 0 Å². The van der Waals surface area contributed by atoms with Crippen molar-refractivity contribution in [2.45, 2.75) is 0 Å². The van der Waals surface area contributed by atoms with E-state index in [2.05, 4.69) is 152 Å². The Bertz CT molecular complexity index is 1320. The Kier molecular flexibility index (Phi) is 6.71. The second kappa shape index (κ2) is 10.4. The number of rotatable bonds is 5. The molecule has 2 atom stereocenters. The van der Waals surface area contributed by atoms with Gasteiger partial charge in [-0.05, 0) is 49.6 Å². The number of benzene rings is 5. The van der Waals surface area contributed by atoms with Crippen LogP contribution in [0.15, 0.2) is 152 Å². The van der Waals surface area contributed by atoms with Crippen LogP contribution in [0.2, 0.25) is 0 Å². The van der Waals surface area contributed by atoms with Crippen LogP contribution in [0.1, 0.15) is 11.1 Å². The molecule has 0 bridgehead atoms. The maximum absolute atomic E-state index is 2.37. The van der Waals surface area contributed by atoms with E-state index in [1.54, 1.807) is 10.6 Å². The Morgan fingerprint density at radius 2 is 0.571 bits per heavy atom. The topological polar surface area (TPSA) is 0 Å². The summed E-state index contributed by atoms with van der Waals surface area (Å²) in [6, 6.07) is 56.2. The van der Waals surface area contributed by atoms with E-state index in [1.807, 2.05) is 0 Å². The normalized spacial score (nSPS) is 19.6. The van der Waals surface area contributed by atoms with Crippen molar-refractivity contribution in [3.05, 3.63) is 163 Å². The Morgan fingerprint density at radius 1 is 0.286 bits per heavy atom. The second-order valence-corrected chi connectivity index (χ2v) is 18.4. The fourth-order valence-corrected chi connectivity index (χ4v) is 22.8. The molecule has 5 aromatic carbocycles. The summed E-state index contributed by atoms with van der Waals surface area (Å²) in [4.78, 5) is 0. The number of hydrogen-bond acceptors (Lipinski definition) is 0. The van der Waals surface area contributed by atoms with Crippen molar-refractivity contribution in [2.75, 3.05) is 0 Å². The Morgan fingerprint density at radius 3 is 0.914 bits per heavy atom. The van der Waals surface area contributed by atoms with Gasteiger partial charge in [0.05, 0.1) is 0 Å². The van der Waals surface area contributed by atoms with E-state index in [9.17, 15) is 0 Å². The zero-order chi connectivity index (χ0) is 23.5. The average molecular weight is 502 g/mol. The molecule has 0 spiro atoms. The minimum Gasteiger partial charge on any atom is -0.0622 e. The second-order valence-electron chi connectivity index (χ2n) is 8.35. The Hall–Kier alpha value is -2.87. The van der Waals surface area contributed by atoms with E-state index in [0.29, 0.717) is 0 Å². The van der Waals surface area contributed by atoms with Crippen LogP contribution in [-0.4, -0.2) is 0 Å². The SMILES string of the molecule is c1ccc(C2=C(c3ccccc3)P(c3ccccc3)P(c3ccccc3)P2c2ccccc2)cc1. The summed E-state index contributed by atoms with van der Waals surface area (Å²) in [6.07, 6.45) is 0. The van der Waals surface area contributed by atoms with Crippen LogP contribution in [-0.2, 0) is 0 Å². The average Bonchev–Trinajstić information content (AvgIpc) is 3.32. The van der Waals surface area contributed by atoms with Crippen LogP contribution in [0.4, 0.5) is 0 Å². The smallest absolute Gasteiger partial charge is 0.00163 e. The summed E-state index contributed by atoms with van der Waals surface area (Å²) >= 11 is 0. The summed E-state index contributed by atoms with van der Waals surface area (Å²) in [6.45, 7) is 0. The molecule has 3 heteroatoms. The largest absolute Gasteiger partial charge is 0.0622 e. The van der Waals surface area contributed by atoms with E-state index in [4.69, 9.17) is 0 Å². The fraction of sp³-hybridized carbons (Fsp3) is 0. The van der Waals surface area contributed by atoms with Gasteiger partial charge in [-0.3, -0.25) is 0 Å². The van der Waals surface area contributed by atoms with Crippen LogP contribution < -0.4 is 15.9 Å². The first-order valence-electron chi connectivity index (χ1n) is 11.8. The van der Waals surface area contributed by atoms with Gasteiger partial charge in [0.1, 0.15) is 0 Å². The molecular weight excluding hydrogens is 477 g/mol. The molecule has 1 aliphatic heterocycles. The molecule has 35 heavy (non-hydrogen) atoms. The lowest BCUT2D eigenvalue weighted by Gasteiger charge is -2.29. The van der Waals surface area contributed by atoms with Crippen LogP contribution >= 0.6 is 22.5 Å². The standard InChI is InChI=1S/C32H25P3/c1-6-16-26(17-7-1)31-32(27-18-8-2-9-19-27)34(29-22-12-4-13-23-29)35(30-24-14-5-15-25-30)33(31)28-20-10-3-11-21-28/h1-25H. The van der Waals surface area contributed by atoms with Gasteiger partial charge >= 0.3 is 0 Å². The molecule has 6 rings (SSSR count). The molecule has 0 saturated carbocycles. The Labute approximate surface area is 211 Å². The highest BCUT2D eigenvalue weighted by atomic mass is 32.5. The van der Waals surface area contributed by atoms with Gasteiger partial charge in [0.2, 0.25) is 0 Å². The van der Waals surface area contributed by atoms with E-state index in [-0.39, 0.29) is 0 Å². The van der Waals surface area contributed by atoms with Crippen molar-refractivity contribution in [3.8, 4) is 0 Å². The first kappa shape index (κ1) is 22.6. The molecule has 0 amide bonds. The van der Waals surface area contributed by atoms with Gasteiger partial charge in [0, 0.05) is 10.6 Å². The summed E-state index contributed by atoms with van der Waals surface area (Å²) in [5, 5.41) is 7.58. The lowest BCUT2D eigenvalue weighted by Crippen LogP contribution is -2.06. The molecule has 0 fully saturated rings. The summed E-state index contributed by atoms with van der Waals surface area (Å²) in [7, 11) is -1.63. The summed E-state index contributed by atoms with van der Waals surface area (Å²) in [5.41, 5.74) is 2.73. The first-order chi connectivity index (χ1) is 17.4. The number of hydrogen-bond donors (Lipinski definition) is 0. The zero-order valence-electron chi connectivity index (χ0n) is 19.3. The molecule has 0 saturated heterocycles. The third-order valence-electron chi connectivity index (χ3n) is 6.11. The third kappa shape index (κ3) is 4.44. The molecule has 1 heterocycles. The third-order valence-corrected chi connectivity index (χ3v) is 20.7. The van der Waals surface area contributed by atoms with Crippen LogP contribution in [0.5, 0.6) is 0 Å². The minimum absolute atomic E-state index is 0.490. The molecule has 168 valence electrons.